The van der Waals surface area contributed by atoms with Gasteiger partial charge in [0.25, 0.3) is 0 Å². The minimum absolute atomic E-state index is 0.105. The number of thioether (sulfide) groups is 1. The maximum Gasteiger partial charge on any atom is 0.446 e. The Labute approximate surface area is 235 Å². The van der Waals surface area contributed by atoms with Crippen molar-refractivity contribution in [3.05, 3.63) is 54.1 Å². The van der Waals surface area contributed by atoms with Crippen molar-refractivity contribution in [3.63, 3.8) is 0 Å². The van der Waals surface area contributed by atoms with Crippen LogP contribution in [-0.4, -0.2) is 48.5 Å². The Balaban J connectivity index is 1.15. The van der Waals surface area contributed by atoms with Crippen LogP contribution < -0.4 is 10.2 Å². The van der Waals surface area contributed by atoms with Crippen LogP contribution in [-0.2, 0) is 10.2 Å². The molecule has 0 saturated carbocycles. The molecule has 4 rings (SSSR count). The Hall–Kier alpha value is -2.35. The highest BCUT2D eigenvalue weighted by atomic mass is 32.2. The molecule has 0 aliphatic carbocycles. The summed E-state index contributed by atoms with van der Waals surface area (Å²) in [5.41, 5.74) is -0.657. The second kappa shape index (κ2) is 12.9. The Kier molecular flexibility index (Phi) is 9.78. The van der Waals surface area contributed by atoms with Gasteiger partial charge in [0.05, 0.1) is 0 Å². The van der Waals surface area contributed by atoms with E-state index in [0.29, 0.717) is 18.9 Å². The topological polar surface area (TPSA) is 35.6 Å². The summed E-state index contributed by atoms with van der Waals surface area (Å²) in [4.78, 5) is 17.5. The van der Waals surface area contributed by atoms with Gasteiger partial charge in [0.2, 0.25) is 5.91 Å². The molecular weight excluding hydrogens is 519 g/mol. The van der Waals surface area contributed by atoms with Gasteiger partial charge >= 0.3 is 5.51 Å². The van der Waals surface area contributed by atoms with E-state index in [4.69, 9.17) is 0 Å². The third kappa shape index (κ3) is 9.09. The molecule has 1 amide bonds. The van der Waals surface area contributed by atoms with Gasteiger partial charge < -0.3 is 15.1 Å². The van der Waals surface area contributed by atoms with Crippen LogP contribution in [0.3, 0.4) is 0 Å². The van der Waals surface area contributed by atoms with Crippen LogP contribution in [0.1, 0.15) is 71.3 Å². The number of alkyl halides is 3. The number of halogens is 3. The van der Waals surface area contributed by atoms with Gasteiger partial charge in [-0.25, -0.2) is 0 Å². The van der Waals surface area contributed by atoms with E-state index in [2.05, 4.69) is 55.3 Å². The van der Waals surface area contributed by atoms with Crippen molar-refractivity contribution in [2.24, 2.45) is 5.92 Å². The highest BCUT2D eigenvalue weighted by Gasteiger charge is 2.29. The lowest BCUT2D eigenvalue weighted by Crippen LogP contribution is -2.45. The molecule has 0 spiro atoms. The second-order valence-corrected chi connectivity index (χ2v) is 13.2. The lowest BCUT2D eigenvalue weighted by atomic mass is 9.87. The van der Waals surface area contributed by atoms with Gasteiger partial charge in [-0.3, -0.25) is 4.79 Å². The van der Waals surface area contributed by atoms with Crippen molar-refractivity contribution >= 4 is 29.0 Å². The number of nitrogens with one attached hydrogen (secondary N) is 1. The molecule has 0 radical (unpaired) electrons. The molecule has 2 aromatic rings. The molecule has 1 atom stereocenters. The largest absolute Gasteiger partial charge is 0.446 e. The van der Waals surface area contributed by atoms with Crippen molar-refractivity contribution in [3.8, 4) is 0 Å². The highest BCUT2D eigenvalue weighted by Crippen LogP contribution is 2.37. The average Bonchev–Trinajstić information content (AvgIpc) is 2.89. The predicted molar refractivity (Wildman–Crippen MR) is 156 cm³/mol. The van der Waals surface area contributed by atoms with E-state index in [0.717, 1.165) is 51.0 Å². The summed E-state index contributed by atoms with van der Waals surface area (Å²) in [5, 5.41) is 3.40. The second-order valence-electron chi connectivity index (χ2n) is 12.0. The maximum atomic E-state index is 12.9. The van der Waals surface area contributed by atoms with Crippen molar-refractivity contribution in [1.82, 2.24) is 4.90 Å². The lowest BCUT2D eigenvalue weighted by molar-refractivity contribution is -0.132. The van der Waals surface area contributed by atoms with Crippen LogP contribution in [0.25, 0.3) is 0 Å². The van der Waals surface area contributed by atoms with Gasteiger partial charge in [0.15, 0.2) is 0 Å². The first kappa shape index (κ1) is 29.6. The lowest BCUT2D eigenvalue weighted by Gasteiger charge is -2.35. The summed E-state index contributed by atoms with van der Waals surface area (Å²) in [6.07, 6.45) is 6.83. The summed E-state index contributed by atoms with van der Waals surface area (Å²) in [5.74, 6) is 0.895. The van der Waals surface area contributed by atoms with Crippen LogP contribution in [0.15, 0.2) is 53.4 Å². The fraction of sp³-hybridized carbons (Fsp3) is 0.581. The smallest absolute Gasteiger partial charge is 0.381 e. The monoisotopic (exact) mass is 561 g/mol. The molecule has 1 N–H and O–H groups in total. The molecule has 2 saturated heterocycles. The fourth-order valence-electron chi connectivity index (χ4n) is 5.66. The molecule has 2 heterocycles. The average molecular weight is 562 g/mol. The number of carbonyl (C=O) groups excluding carboxylic acids is 1. The van der Waals surface area contributed by atoms with E-state index in [1.807, 2.05) is 4.90 Å². The maximum absolute atomic E-state index is 12.9. The number of benzene rings is 2. The number of piperidine rings is 2. The molecule has 2 aliphatic heterocycles. The van der Waals surface area contributed by atoms with Crippen LogP contribution >= 0.6 is 11.8 Å². The summed E-state index contributed by atoms with van der Waals surface area (Å²) < 4.78 is 37.7. The third-order valence-electron chi connectivity index (χ3n) is 7.95. The van der Waals surface area contributed by atoms with E-state index in [9.17, 15) is 18.0 Å². The Morgan fingerprint density at radius 2 is 1.62 bits per heavy atom. The number of carbonyl (C=O) groups is 1. The molecule has 39 heavy (non-hydrogen) atoms. The number of nitrogens with zero attached hydrogens (tertiary/aromatic N) is 2. The molecule has 2 aromatic carbocycles. The number of rotatable bonds is 8. The molecular formula is C31H42F3N3OS. The number of hydrogen-bond acceptors (Lipinski definition) is 4. The summed E-state index contributed by atoms with van der Waals surface area (Å²) >= 11 is -0.105. The predicted octanol–water partition coefficient (Wildman–Crippen LogP) is 8.09. The minimum Gasteiger partial charge on any atom is -0.381 e. The van der Waals surface area contributed by atoms with Crippen LogP contribution in [0.2, 0.25) is 0 Å². The molecule has 2 aliphatic rings. The van der Waals surface area contributed by atoms with E-state index in [1.165, 1.54) is 36.2 Å². The van der Waals surface area contributed by atoms with Crippen molar-refractivity contribution in [1.29, 1.82) is 0 Å². The minimum atomic E-state index is -4.28. The first-order chi connectivity index (χ1) is 18.5. The standard InChI is InChI=1S/C31H42F3N3OS/c1-30(2,3)24-9-13-27(14-10-24)36-20-17-23(18-21-36)6-4-8-29(38)37-19-5-7-26(22-37)35-25-11-15-28(16-12-25)39-31(32,33)34/h9-16,23,26,35H,4-8,17-22H2,1-3H3. The zero-order chi connectivity index (χ0) is 28.0. The van der Waals surface area contributed by atoms with Crippen LogP contribution in [0.4, 0.5) is 24.5 Å². The number of anilines is 2. The first-order valence-corrected chi connectivity index (χ1v) is 15.0. The molecule has 4 nitrogen and oxygen atoms in total. The van der Waals surface area contributed by atoms with Gasteiger partial charge in [-0.15, -0.1) is 0 Å². The zero-order valence-electron chi connectivity index (χ0n) is 23.4. The van der Waals surface area contributed by atoms with Gasteiger partial charge in [0.1, 0.15) is 0 Å². The van der Waals surface area contributed by atoms with E-state index >= 15 is 0 Å². The van der Waals surface area contributed by atoms with Crippen LogP contribution in [0.5, 0.6) is 0 Å². The molecule has 8 heteroatoms. The Bertz CT molecular complexity index is 1060. The summed E-state index contributed by atoms with van der Waals surface area (Å²) in [7, 11) is 0. The first-order valence-electron chi connectivity index (χ1n) is 14.2. The number of likely N-dealkylation sites (tertiary alicyclic amines) is 1. The SMILES string of the molecule is CC(C)(C)c1ccc(N2CCC(CCCC(=O)N3CCCC(Nc4ccc(SC(F)(F)F)cc4)C3)CC2)cc1. The van der Waals surface area contributed by atoms with Gasteiger partial charge in [0, 0.05) is 54.9 Å². The summed E-state index contributed by atoms with van der Waals surface area (Å²) in [6.45, 7) is 10.3. The number of amides is 1. The van der Waals surface area contributed by atoms with Crippen LogP contribution in [0, 0.1) is 5.92 Å². The van der Waals surface area contributed by atoms with Crippen molar-refractivity contribution in [2.45, 2.75) is 87.6 Å². The van der Waals surface area contributed by atoms with Gasteiger partial charge in [-0.05, 0) is 104 Å². The molecule has 1 unspecified atom stereocenters. The number of hydrogen-bond donors (Lipinski definition) is 1. The van der Waals surface area contributed by atoms with E-state index in [1.54, 1.807) is 12.1 Å². The fourth-order valence-corrected chi connectivity index (χ4v) is 6.20. The third-order valence-corrected chi connectivity index (χ3v) is 8.69. The normalized spacial score (nSPS) is 19.3. The Morgan fingerprint density at radius 1 is 0.949 bits per heavy atom. The molecule has 0 bridgehead atoms. The van der Waals surface area contributed by atoms with Crippen molar-refractivity contribution in [2.75, 3.05) is 36.4 Å². The van der Waals surface area contributed by atoms with E-state index in [-0.39, 0.29) is 34.0 Å². The highest BCUT2D eigenvalue weighted by molar-refractivity contribution is 8.00. The molecule has 214 valence electrons. The van der Waals surface area contributed by atoms with Gasteiger partial charge in [-0.2, -0.15) is 13.2 Å². The quantitative estimate of drug-likeness (QED) is 0.331. The Morgan fingerprint density at radius 3 is 2.23 bits per heavy atom. The molecule has 2 fully saturated rings. The van der Waals surface area contributed by atoms with Gasteiger partial charge in [-0.1, -0.05) is 32.9 Å². The van der Waals surface area contributed by atoms with E-state index < -0.39 is 5.51 Å². The molecule has 0 aromatic heterocycles. The van der Waals surface area contributed by atoms with Crippen molar-refractivity contribution < 1.29 is 18.0 Å². The summed E-state index contributed by atoms with van der Waals surface area (Å²) in [6, 6.07) is 15.5. The zero-order valence-corrected chi connectivity index (χ0v) is 24.2.